The highest BCUT2D eigenvalue weighted by Crippen LogP contribution is 2.51. The molecule has 1 fully saturated rings. The molecule has 3 aromatic rings. The number of nitrogens with zero attached hydrogens (tertiary/aromatic N) is 4. The molecule has 0 saturated heterocycles. The van der Waals surface area contributed by atoms with Crippen molar-refractivity contribution < 1.29 is 0 Å². The van der Waals surface area contributed by atoms with Gasteiger partial charge in [0.1, 0.15) is 0 Å². The number of anilines is 1. The third kappa shape index (κ3) is 1.66. The third-order valence-corrected chi connectivity index (χ3v) is 6.19. The lowest BCUT2D eigenvalue weighted by atomic mass is 9.79. The minimum absolute atomic E-state index is 0.125. The molecular weight excluding hydrogens is 296 g/mol. The smallest absolute Gasteiger partial charge is 0.214 e. The van der Waals surface area contributed by atoms with Gasteiger partial charge in [-0.25, -0.2) is 4.98 Å². The zero-order valence-electron chi connectivity index (χ0n) is 14.5. The van der Waals surface area contributed by atoms with Crippen LogP contribution in [0.25, 0.3) is 5.78 Å². The largest absolute Gasteiger partial charge is 0.354 e. The number of hydrogen-bond donors (Lipinski definition) is 0. The molecule has 1 aliphatic heterocycles. The normalized spacial score (nSPS) is 19.3. The maximum atomic E-state index is 4.58. The highest BCUT2D eigenvalue weighted by Gasteiger charge is 2.49. The van der Waals surface area contributed by atoms with Crippen molar-refractivity contribution in [3.8, 4) is 0 Å². The molecule has 1 aromatic carbocycles. The molecule has 24 heavy (non-hydrogen) atoms. The highest BCUT2D eigenvalue weighted by molar-refractivity contribution is 5.61. The van der Waals surface area contributed by atoms with Crippen LogP contribution in [0.15, 0.2) is 36.7 Å². The van der Waals surface area contributed by atoms with Gasteiger partial charge >= 0.3 is 0 Å². The lowest BCUT2D eigenvalue weighted by molar-refractivity contribution is 0.285. The number of aromatic nitrogens is 3. The number of hydrogen-bond acceptors (Lipinski definition) is 2. The molecule has 4 nitrogen and oxygen atoms in total. The van der Waals surface area contributed by atoms with Crippen molar-refractivity contribution in [1.29, 1.82) is 0 Å². The summed E-state index contributed by atoms with van der Waals surface area (Å²) in [5, 5.41) is 0. The predicted molar refractivity (Wildman–Crippen MR) is 96.3 cm³/mol. The summed E-state index contributed by atoms with van der Waals surface area (Å²) in [7, 11) is 2.17. The van der Waals surface area contributed by atoms with E-state index in [-0.39, 0.29) is 5.54 Å². The van der Waals surface area contributed by atoms with Gasteiger partial charge in [0.15, 0.2) is 0 Å². The van der Waals surface area contributed by atoms with Crippen molar-refractivity contribution in [2.24, 2.45) is 7.05 Å². The minimum Gasteiger partial charge on any atom is -0.354 e. The molecule has 5 rings (SSSR count). The maximum Gasteiger partial charge on any atom is 0.214 e. The topological polar surface area (TPSA) is 25.5 Å². The van der Waals surface area contributed by atoms with E-state index in [1.165, 1.54) is 54.7 Å². The predicted octanol–water partition coefficient (Wildman–Crippen LogP) is 4.16. The van der Waals surface area contributed by atoms with Crippen LogP contribution in [-0.2, 0) is 19.1 Å². The van der Waals surface area contributed by atoms with E-state index >= 15 is 0 Å². The van der Waals surface area contributed by atoms with Crippen molar-refractivity contribution in [1.82, 2.24) is 14.0 Å². The Labute approximate surface area is 142 Å². The van der Waals surface area contributed by atoms with Crippen molar-refractivity contribution in [2.45, 2.75) is 51.1 Å². The van der Waals surface area contributed by atoms with Crippen molar-refractivity contribution in [2.75, 3.05) is 4.90 Å². The summed E-state index contributed by atoms with van der Waals surface area (Å²) < 4.78 is 4.64. The fraction of sp³-hybridized carbons (Fsp3) is 0.450. The first-order valence-electron chi connectivity index (χ1n) is 9.07. The number of benzene rings is 1. The first-order chi connectivity index (χ1) is 11.7. The molecule has 3 heterocycles. The first kappa shape index (κ1) is 14.1. The van der Waals surface area contributed by atoms with Crippen LogP contribution in [0.3, 0.4) is 0 Å². The summed E-state index contributed by atoms with van der Waals surface area (Å²) in [6.07, 6.45) is 10.5. The van der Waals surface area contributed by atoms with Crippen LogP contribution in [0.4, 0.5) is 5.69 Å². The van der Waals surface area contributed by atoms with E-state index in [1.54, 1.807) is 0 Å². The Hall–Kier alpha value is -2.23. The molecule has 2 aromatic heterocycles. The Morgan fingerprint density at radius 2 is 1.88 bits per heavy atom. The van der Waals surface area contributed by atoms with Crippen molar-refractivity contribution in [3.05, 3.63) is 53.6 Å². The van der Waals surface area contributed by atoms with Crippen LogP contribution in [0.2, 0.25) is 0 Å². The molecule has 0 atom stereocenters. The van der Waals surface area contributed by atoms with Gasteiger partial charge in [-0.1, -0.05) is 37.5 Å². The zero-order chi connectivity index (χ0) is 16.3. The van der Waals surface area contributed by atoms with Crippen LogP contribution in [0.5, 0.6) is 0 Å². The summed E-state index contributed by atoms with van der Waals surface area (Å²) in [5.41, 5.74) is 5.81. The van der Waals surface area contributed by atoms with Crippen LogP contribution < -0.4 is 4.90 Å². The van der Waals surface area contributed by atoms with Gasteiger partial charge in [-0.2, -0.15) is 0 Å². The van der Waals surface area contributed by atoms with Gasteiger partial charge in [0.2, 0.25) is 5.78 Å². The number of imidazole rings is 2. The molecule has 1 spiro atoms. The molecule has 4 heteroatoms. The van der Waals surface area contributed by atoms with Gasteiger partial charge in [0, 0.05) is 25.1 Å². The van der Waals surface area contributed by atoms with E-state index in [1.807, 2.05) is 6.20 Å². The molecular formula is C20H24N4. The molecule has 0 bridgehead atoms. The first-order valence-corrected chi connectivity index (χ1v) is 9.07. The zero-order valence-corrected chi connectivity index (χ0v) is 14.5. The maximum absolute atomic E-state index is 4.58. The van der Waals surface area contributed by atoms with E-state index in [9.17, 15) is 0 Å². The Balaban J connectivity index is 1.77. The molecule has 1 saturated carbocycles. The van der Waals surface area contributed by atoms with E-state index in [2.05, 4.69) is 63.3 Å². The lowest BCUT2D eigenvalue weighted by Gasteiger charge is -2.43. The SMILES string of the molecule is Cc1ccccc1N1Cc2c(n3ccnc3n2C)C12CCCCC2. The average molecular weight is 320 g/mol. The van der Waals surface area contributed by atoms with Crippen LogP contribution >= 0.6 is 0 Å². The van der Waals surface area contributed by atoms with Crippen LogP contribution in [-0.4, -0.2) is 14.0 Å². The number of aryl methyl sites for hydroxylation is 2. The van der Waals surface area contributed by atoms with Crippen molar-refractivity contribution in [3.63, 3.8) is 0 Å². The van der Waals surface area contributed by atoms with Gasteiger partial charge in [-0.05, 0) is 31.4 Å². The summed E-state index contributed by atoms with van der Waals surface area (Å²) in [5.74, 6) is 1.08. The second-order valence-electron chi connectivity index (χ2n) is 7.42. The van der Waals surface area contributed by atoms with Gasteiger partial charge in [0.25, 0.3) is 0 Å². The number of para-hydroxylation sites is 1. The van der Waals surface area contributed by atoms with Gasteiger partial charge in [0.05, 0.1) is 23.5 Å². The Morgan fingerprint density at radius 1 is 1.08 bits per heavy atom. The Morgan fingerprint density at radius 3 is 2.67 bits per heavy atom. The van der Waals surface area contributed by atoms with Crippen LogP contribution in [0.1, 0.15) is 49.1 Å². The van der Waals surface area contributed by atoms with Gasteiger partial charge in [-0.3, -0.25) is 4.40 Å². The second kappa shape index (κ2) is 4.88. The standard InChI is InChI=1S/C20H24N4/c1-15-8-4-5-9-16(15)24-14-17-18(20(24)10-6-3-7-11-20)23-13-12-21-19(23)22(17)2/h4-5,8-9,12-13H,3,6-7,10-11,14H2,1-2H3. The second-order valence-corrected chi connectivity index (χ2v) is 7.42. The fourth-order valence-electron chi connectivity index (χ4n) is 5.06. The Kier molecular flexibility index (Phi) is 2.88. The van der Waals surface area contributed by atoms with Gasteiger partial charge < -0.3 is 9.47 Å². The van der Waals surface area contributed by atoms with E-state index in [0.717, 1.165) is 12.3 Å². The van der Waals surface area contributed by atoms with E-state index in [0.29, 0.717) is 0 Å². The molecule has 0 radical (unpaired) electrons. The van der Waals surface area contributed by atoms with E-state index in [4.69, 9.17) is 0 Å². The summed E-state index contributed by atoms with van der Waals surface area (Å²) in [4.78, 5) is 7.27. The molecule has 0 N–H and O–H groups in total. The summed E-state index contributed by atoms with van der Waals surface area (Å²) >= 11 is 0. The minimum atomic E-state index is 0.125. The van der Waals surface area contributed by atoms with E-state index < -0.39 is 0 Å². The van der Waals surface area contributed by atoms with Gasteiger partial charge in [-0.15, -0.1) is 0 Å². The molecule has 2 aliphatic rings. The Bertz CT molecular complexity index is 911. The van der Waals surface area contributed by atoms with Crippen molar-refractivity contribution >= 4 is 11.5 Å². The lowest BCUT2D eigenvalue weighted by Crippen LogP contribution is -2.44. The molecule has 0 unspecified atom stereocenters. The highest BCUT2D eigenvalue weighted by atomic mass is 15.3. The van der Waals surface area contributed by atoms with Crippen LogP contribution in [0, 0.1) is 6.92 Å². The summed E-state index contributed by atoms with van der Waals surface area (Å²) in [6, 6.07) is 8.85. The molecule has 124 valence electrons. The number of rotatable bonds is 1. The molecule has 1 aliphatic carbocycles. The third-order valence-electron chi connectivity index (χ3n) is 6.19. The fourth-order valence-corrected chi connectivity index (χ4v) is 5.06. The molecule has 0 amide bonds. The number of fused-ring (bicyclic) bond motifs is 4. The summed E-state index contributed by atoms with van der Waals surface area (Å²) in [6.45, 7) is 3.22. The average Bonchev–Trinajstić information content (AvgIpc) is 3.24. The monoisotopic (exact) mass is 320 g/mol. The quantitative estimate of drug-likeness (QED) is 0.673.